The van der Waals surface area contributed by atoms with Gasteiger partial charge in [-0.25, -0.2) is 9.97 Å². The Labute approximate surface area is 757 Å². The average molecular weight is 1710 g/mol. The van der Waals surface area contributed by atoms with E-state index < -0.39 is 0 Å². The van der Waals surface area contributed by atoms with Gasteiger partial charge in [0, 0.05) is 148 Å². The second-order valence-electron chi connectivity index (χ2n) is 33.7. The van der Waals surface area contributed by atoms with E-state index in [1.165, 1.54) is 214 Å². The molecule has 130 heavy (non-hydrogen) atoms. The van der Waals surface area contributed by atoms with Crippen LogP contribution >= 0.6 is 34.0 Å². The highest BCUT2D eigenvalue weighted by Crippen LogP contribution is 2.50. The van der Waals surface area contributed by atoms with Crippen molar-refractivity contribution in [2.75, 3.05) is 0 Å². The first-order valence-corrected chi connectivity index (χ1v) is 46.6. The highest BCUT2D eigenvalue weighted by Gasteiger charge is 2.27. The van der Waals surface area contributed by atoms with Crippen LogP contribution in [0.25, 0.3) is 253 Å². The molecular weight excluding hydrogens is 1640 g/mol. The topological polar surface area (TPSA) is 50.4 Å². The Hall–Kier alpha value is -16.3. The summed E-state index contributed by atoms with van der Waals surface area (Å²) in [6.45, 7) is 0. The van der Waals surface area contributed by atoms with Gasteiger partial charge in [-0.05, 0) is 174 Å². The first-order chi connectivity index (χ1) is 64.5. The lowest BCUT2D eigenvalue weighted by atomic mass is 10.00. The van der Waals surface area contributed by atoms with E-state index >= 15 is 0 Å². The second-order valence-corrected chi connectivity index (χ2v) is 36.9. The standard InChI is InChI=1S/2C42H26N2S.C36H21N3S/c1-2-11-29(12-3-1)43-36-17-7-4-13-30(36)34-25-27(21-23-38(34)43)28-22-24-39-35(26-28)31-14-5-8-18-37(31)44(39)40-19-10-16-33-32-15-6-9-20-41(32)45-42(33)40;1-2-10-29(11-3-1)43-37-15-7-4-12-31(37)34-24-27(18-21-39(34)43)28-19-22-40-35(25-28)32-13-5-8-16-38(32)44(40)30-20-23-42-36(26-30)33-14-6-9-17-41(33)45-42;1-2-12-22(13-3-1)33-25-16-6-9-19-28(25)37-36(38-33)39-29-20-10-7-17-26(29)31-32-27-18-8-11-21-30(27)40-35(32)24-15-5-4-14-23(24)34(31)39/h2*1-26H;1-21H. The molecule has 0 unspecified atom stereocenters. The van der Waals surface area contributed by atoms with Crippen LogP contribution in [0.2, 0.25) is 0 Å². The van der Waals surface area contributed by atoms with Crippen LogP contribution in [-0.4, -0.2) is 32.8 Å². The zero-order chi connectivity index (χ0) is 85.2. The van der Waals surface area contributed by atoms with Gasteiger partial charge in [0.2, 0.25) is 5.95 Å². The molecule has 0 fully saturated rings. The Morgan fingerprint density at radius 3 is 1.08 bits per heavy atom. The monoisotopic (exact) mass is 1710 g/mol. The van der Waals surface area contributed by atoms with Crippen LogP contribution in [-0.2, 0) is 0 Å². The maximum absolute atomic E-state index is 5.31. The summed E-state index contributed by atoms with van der Waals surface area (Å²) >= 11 is 5.63. The van der Waals surface area contributed by atoms with Crippen molar-refractivity contribution in [1.82, 2.24) is 32.8 Å². The Morgan fingerprint density at radius 1 is 0.177 bits per heavy atom. The number of rotatable bonds is 8. The summed E-state index contributed by atoms with van der Waals surface area (Å²) in [6, 6.07) is 160. The minimum atomic E-state index is 0.688. The normalized spacial score (nSPS) is 12.0. The van der Waals surface area contributed by atoms with Crippen LogP contribution in [0, 0.1) is 0 Å². The Kier molecular flexibility index (Phi) is 16.9. The van der Waals surface area contributed by atoms with E-state index in [4.69, 9.17) is 9.97 Å². The van der Waals surface area contributed by atoms with Gasteiger partial charge in [0.15, 0.2) is 0 Å². The maximum Gasteiger partial charge on any atom is 0.235 e. The second kappa shape index (κ2) is 29.6. The molecule has 0 spiro atoms. The van der Waals surface area contributed by atoms with Gasteiger partial charge in [0.1, 0.15) is 0 Å². The molecule has 0 bridgehead atoms. The maximum atomic E-state index is 5.31. The quantitative estimate of drug-likeness (QED) is 0.152. The van der Waals surface area contributed by atoms with E-state index in [1.807, 2.05) is 40.1 Å². The van der Waals surface area contributed by atoms with Crippen LogP contribution < -0.4 is 0 Å². The molecule has 0 aliphatic carbocycles. The lowest BCUT2D eigenvalue weighted by Crippen LogP contribution is -2.03. The van der Waals surface area contributed by atoms with Crippen LogP contribution in [0.4, 0.5) is 0 Å². The Balaban J connectivity index is 0.000000101. The molecule has 29 aromatic rings. The molecule has 9 heterocycles. The van der Waals surface area contributed by atoms with Crippen molar-refractivity contribution in [3.63, 3.8) is 0 Å². The number of hydrogen-bond donors (Lipinski definition) is 0. The van der Waals surface area contributed by atoms with Crippen molar-refractivity contribution >= 4 is 225 Å². The third-order valence-electron chi connectivity index (χ3n) is 26.6. The van der Waals surface area contributed by atoms with Crippen molar-refractivity contribution in [2.24, 2.45) is 0 Å². The number of benzene rings is 20. The van der Waals surface area contributed by atoms with Crippen LogP contribution in [0.1, 0.15) is 0 Å². The summed E-state index contributed by atoms with van der Waals surface area (Å²) in [5.41, 5.74) is 24.7. The molecule has 9 aromatic heterocycles. The molecule has 0 aliphatic rings. The van der Waals surface area contributed by atoms with Crippen molar-refractivity contribution in [3.05, 3.63) is 443 Å². The third-order valence-corrected chi connectivity index (χ3v) is 30.2. The van der Waals surface area contributed by atoms with Crippen LogP contribution in [0.15, 0.2) is 443 Å². The van der Waals surface area contributed by atoms with E-state index in [1.54, 1.807) is 0 Å². The highest BCUT2D eigenvalue weighted by atomic mass is 32.1. The number of nitrogens with zero attached hydrogens (tertiary/aromatic N) is 7. The number of thiophene rings is 3. The van der Waals surface area contributed by atoms with E-state index in [9.17, 15) is 0 Å². The van der Waals surface area contributed by atoms with Gasteiger partial charge in [-0.1, -0.05) is 291 Å². The number of para-hydroxylation sites is 8. The Morgan fingerprint density at radius 2 is 0.538 bits per heavy atom. The summed E-state index contributed by atoms with van der Waals surface area (Å²) in [6.07, 6.45) is 0. The minimum Gasteiger partial charge on any atom is -0.309 e. The van der Waals surface area contributed by atoms with E-state index in [2.05, 4.69) is 460 Å². The van der Waals surface area contributed by atoms with Crippen LogP contribution in [0.5, 0.6) is 0 Å². The third kappa shape index (κ3) is 11.5. The van der Waals surface area contributed by atoms with E-state index in [0.29, 0.717) is 5.95 Å². The largest absolute Gasteiger partial charge is 0.309 e. The molecule has 0 saturated carbocycles. The first-order valence-electron chi connectivity index (χ1n) is 44.2. The Bertz CT molecular complexity index is 9710. The smallest absolute Gasteiger partial charge is 0.235 e. The molecule has 0 amide bonds. The molecule has 0 saturated heterocycles. The van der Waals surface area contributed by atoms with Crippen LogP contribution in [0.3, 0.4) is 0 Å². The number of hydrogen-bond acceptors (Lipinski definition) is 5. The van der Waals surface area contributed by atoms with Gasteiger partial charge in [-0.3, -0.25) is 4.57 Å². The minimum absolute atomic E-state index is 0.688. The SMILES string of the molecule is c1ccc(-c2nc(-n3c4ccccc4c4c5c6ccccc6sc5c5ccccc5c43)nc3ccccc23)cc1.c1ccc(-n2c3ccccc3c3cc(-c4ccc5c(c4)c4ccccc4n5-c4ccc5sc6ccccc6c5c4)ccc32)cc1.c1ccc(-n2c3ccccc3c3cc(-c4ccc5c(c4)c4ccccc4n5-c4cccc5c4sc4ccccc45)ccc32)cc1. The predicted octanol–water partition coefficient (Wildman–Crippen LogP) is 33.7. The fourth-order valence-electron chi connectivity index (χ4n) is 20.9. The fraction of sp³-hybridized carbons (Fsp3) is 0. The molecule has 0 N–H and O–H groups in total. The van der Waals surface area contributed by atoms with Crippen molar-refractivity contribution < 1.29 is 0 Å². The van der Waals surface area contributed by atoms with Gasteiger partial charge in [-0.15, -0.1) is 34.0 Å². The molecular formula is C120H73N7S3. The number of aromatic nitrogens is 7. The summed E-state index contributed by atoms with van der Waals surface area (Å²) in [4.78, 5) is 10.5. The summed E-state index contributed by atoms with van der Waals surface area (Å²) in [5.74, 6) is 0.688. The molecule has 29 rings (SSSR count). The lowest BCUT2D eigenvalue weighted by molar-refractivity contribution is 1.02. The first kappa shape index (κ1) is 74.0. The molecule has 606 valence electrons. The average Bonchev–Trinajstić information content (AvgIpc) is 1.53. The van der Waals surface area contributed by atoms with Gasteiger partial charge in [-0.2, -0.15) is 0 Å². The van der Waals surface area contributed by atoms with E-state index in [-0.39, 0.29) is 0 Å². The molecule has 0 aliphatic heterocycles. The molecule has 20 aromatic carbocycles. The lowest BCUT2D eigenvalue weighted by Gasteiger charge is -2.13. The van der Waals surface area contributed by atoms with Crippen molar-refractivity contribution in [2.45, 2.75) is 0 Å². The van der Waals surface area contributed by atoms with E-state index in [0.717, 1.165) is 33.2 Å². The fourth-order valence-corrected chi connectivity index (χ4v) is 24.5. The zero-order valence-corrected chi connectivity index (χ0v) is 72.5. The summed E-state index contributed by atoms with van der Waals surface area (Å²) < 4.78 is 19.9. The summed E-state index contributed by atoms with van der Waals surface area (Å²) in [7, 11) is 0. The molecule has 10 heteroatoms. The number of fused-ring (bicyclic) bond motifs is 29. The van der Waals surface area contributed by atoms with Gasteiger partial charge in [0.05, 0.1) is 76.8 Å². The molecule has 7 nitrogen and oxygen atoms in total. The molecule has 0 atom stereocenters. The highest BCUT2D eigenvalue weighted by molar-refractivity contribution is 7.27. The zero-order valence-electron chi connectivity index (χ0n) is 70.0. The van der Waals surface area contributed by atoms with Gasteiger partial charge >= 0.3 is 0 Å². The van der Waals surface area contributed by atoms with Crippen molar-refractivity contribution in [1.29, 1.82) is 0 Å². The van der Waals surface area contributed by atoms with Gasteiger partial charge < -0.3 is 18.3 Å². The van der Waals surface area contributed by atoms with Crippen molar-refractivity contribution in [3.8, 4) is 62.2 Å². The summed E-state index contributed by atoms with van der Waals surface area (Å²) in [5, 5.41) is 24.1. The molecule has 0 radical (unpaired) electrons. The predicted molar refractivity (Wildman–Crippen MR) is 557 cm³/mol. The van der Waals surface area contributed by atoms with Gasteiger partial charge in [0.25, 0.3) is 0 Å².